The number of aromatic nitrogens is 2. The Kier molecular flexibility index (Phi) is 4.69. The molecule has 5 heteroatoms. The van der Waals surface area contributed by atoms with Gasteiger partial charge in [0.15, 0.2) is 0 Å². The quantitative estimate of drug-likeness (QED) is 0.927. The molecule has 0 amide bonds. The lowest BCUT2D eigenvalue weighted by atomic mass is 10.1. The molecular formula is C16H21ClFN3. The molecule has 0 atom stereocenters. The Morgan fingerprint density at radius 1 is 1.29 bits per heavy atom. The van der Waals surface area contributed by atoms with Crippen LogP contribution in [0.4, 0.5) is 4.39 Å². The van der Waals surface area contributed by atoms with Crippen LogP contribution in [-0.4, -0.2) is 15.3 Å². The van der Waals surface area contributed by atoms with Crippen LogP contribution in [0.1, 0.15) is 37.6 Å². The summed E-state index contributed by atoms with van der Waals surface area (Å²) in [7, 11) is 0. The second-order valence-corrected chi connectivity index (χ2v) is 6.66. The van der Waals surface area contributed by atoms with E-state index in [-0.39, 0.29) is 16.4 Å². The first kappa shape index (κ1) is 16.0. The van der Waals surface area contributed by atoms with E-state index in [2.05, 4.69) is 31.2 Å². The summed E-state index contributed by atoms with van der Waals surface area (Å²) in [5, 5.41) is 8.02. The molecule has 0 aliphatic carbocycles. The highest BCUT2D eigenvalue weighted by atomic mass is 35.5. The van der Waals surface area contributed by atoms with Crippen molar-refractivity contribution in [2.75, 3.05) is 0 Å². The van der Waals surface area contributed by atoms with Crippen LogP contribution >= 0.6 is 11.6 Å². The van der Waals surface area contributed by atoms with Crippen LogP contribution in [0.15, 0.2) is 24.4 Å². The summed E-state index contributed by atoms with van der Waals surface area (Å²) in [6.07, 6.45) is 1.95. The van der Waals surface area contributed by atoms with Crippen molar-refractivity contribution in [1.29, 1.82) is 0 Å². The highest BCUT2D eigenvalue weighted by Crippen LogP contribution is 2.19. The maximum Gasteiger partial charge on any atom is 0.146 e. The van der Waals surface area contributed by atoms with Crippen molar-refractivity contribution in [2.24, 2.45) is 0 Å². The van der Waals surface area contributed by atoms with E-state index in [1.54, 1.807) is 22.9 Å². The van der Waals surface area contributed by atoms with Gasteiger partial charge in [-0.25, -0.2) is 4.39 Å². The van der Waals surface area contributed by atoms with Gasteiger partial charge in [0.05, 0.1) is 17.3 Å². The smallest absolute Gasteiger partial charge is 0.146 e. The Balaban J connectivity index is 2.13. The Hall–Kier alpha value is -1.39. The number of rotatable bonds is 4. The lowest BCUT2D eigenvalue weighted by molar-refractivity contribution is 0.423. The summed E-state index contributed by atoms with van der Waals surface area (Å²) in [6.45, 7) is 9.44. The first-order valence-corrected chi connectivity index (χ1v) is 7.35. The van der Waals surface area contributed by atoms with Gasteiger partial charge in [0.25, 0.3) is 0 Å². The molecule has 0 radical (unpaired) electrons. The van der Waals surface area contributed by atoms with Gasteiger partial charge in [-0.05, 0) is 33.8 Å². The summed E-state index contributed by atoms with van der Waals surface area (Å²) in [4.78, 5) is 0. The van der Waals surface area contributed by atoms with Crippen molar-refractivity contribution in [3.63, 3.8) is 0 Å². The Morgan fingerprint density at radius 3 is 2.67 bits per heavy atom. The molecule has 21 heavy (non-hydrogen) atoms. The summed E-state index contributed by atoms with van der Waals surface area (Å²) < 4.78 is 15.7. The van der Waals surface area contributed by atoms with E-state index < -0.39 is 0 Å². The minimum atomic E-state index is -0.373. The molecule has 2 aromatic rings. The van der Waals surface area contributed by atoms with Crippen LogP contribution in [-0.2, 0) is 13.1 Å². The molecular weight excluding hydrogens is 289 g/mol. The van der Waals surface area contributed by atoms with E-state index >= 15 is 0 Å². The normalized spacial score (nSPS) is 11.9. The average Bonchev–Trinajstić information content (AvgIpc) is 2.72. The highest BCUT2D eigenvalue weighted by molar-refractivity contribution is 6.30. The predicted molar refractivity (Wildman–Crippen MR) is 84.1 cm³/mol. The zero-order chi connectivity index (χ0) is 15.6. The lowest BCUT2D eigenvalue weighted by Crippen LogP contribution is -2.35. The van der Waals surface area contributed by atoms with E-state index in [4.69, 9.17) is 11.6 Å². The molecule has 0 saturated carbocycles. The number of hydrogen-bond acceptors (Lipinski definition) is 2. The van der Waals surface area contributed by atoms with Crippen LogP contribution < -0.4 is 5.32 Å². The fourth-order valence-electron chi connectivity index (χ4n) is 2.02. The monoisotopic (exact) mass is 309 g/mol. The summed E-state index contributed by atoms with van der Waals surface area (Å²) >= 11 is 5.80. The van der Waals surface area contributed by atoms with E-state index in [0.717, 1.165) is 17.8 Å². The maximum absolute atomic E-state index is 13.9. The Labute approximate surface area is 130 Å². The molecule has 0 aliphatic rings. The molecule has 3 nitrogen and oxygen atoms in total. The van der Waals surface area contributed by atoms with Gasteiger partial charge in [0.1, 0.15) is 5.82 Å². The second kappa shape index (κ2) is 6.16. The highest BCUT2D eigenvalue weighted by Gasteiger charge is 2.13. The molecule has 0 bridgehead atoms. The zero-order valence-electron chi connectivity index (χ0n) is 12.9. The number of nitrogens with zero attached hydrogens (tertiary/aromatic N) is 2. The van der Waals surface area contributed by atoms with E-state index in [0.29, 0.717) is 12.1 Å². The number of nitrogens with one attached hydrogen (secondary N) is 1. The van der Waals surface area contributed by atoms with Crippen LogP contribution in [0.25, 0.3) is 0 Å². The molecule has 2 rings (SSSR count). The van der Waals surface area contributed by atoms with E-state index in [1.165, 1.54) is 0 Å². The van der Waals surface area contributed by atoms with Crippen molar-refractivity contribution in [3.8, 4) is 0 Å². The van der Waals surface area contributed by atoms with Crippen molar-refractivity contribution >= 4 is 11.6 Å². The summed E-state index contributed by atoms with van der Waals surface area (Å²) in [5.41, 5.74) is 2.66. The number of aryl methyl sites for hydroxylation is 1. The topological polar surface area (TPSA) is 29.9 Å². The van der Waals surface area contributed by atoms with E-state index in [9.17, 15) is 4.39 Å². The minimum Gasteiger partial charge on any atom is -0.308 e. The lowest BCUT2D eigenvalue weighted by Gasteiger charge is -2.20. The fraction of sp³-hybridized carbons (Fsp3) is 0.438. The molecule has 114 valence electrons. The predicted octanol–water partition coefficient (Wildman–Crippen LogP) is 3.92. The first-order valence-electron chi connectivity index (χ1n) is 6.97. The Morgan fingerprint density at radius 2 is 2.00 bits per heavy atom. The third-order valence-corrected chi connectivity index (χ3v) is 3.51. The fourth-order valence-corrected chi connectivity index (χ4v) is 2.21. The van der Waals surface area contributed by atoms with Crippen molar-refractivity contribution in [2.45, 2.75) is 46.3 Å². The molecule has 0 unspecified atom stereocenters. The molecule has 0 fully saturated rings. The van der Waals surface area contributed by atoms with Gasteiger partial charge in [-0.2, -0.15) is 5.10 Å². The third kappa shape index (κ3) is 4.29. The minimum absolute atomic E-state index is 0.0492. The Bertz CT molecular complexity index is 629. The maximum atomic E-state index is 13.9. The molecule has 1 N–H and O–H groups in total. The van der Waals surface area contributed by atoms with Crippen LogP contribution in [0.3, 0.4) is 0 Å². The zero-order valence-corrected chi connectivity index (χ0v) is 13.6. The van der Waals surface area contributed by atoms with Crippen molar-refractivity contribution in [1.82, 2.24) is 15.1 Å². The SMILES string of the molecule is Cc1nn(Cc2cccc(Cl)c2F)cc1CNC(C)(C)C. The molecule has 1 heterocycles. The van der Waals surface area contributed by atoms with Gasteiger partial charge < -0.3 is 5.32 Å². The average molecular weight is 310 g/mol. The summed E-state index contributed by atoms with van der Waals surface area (Å²) in [6, 6.07) is 5.03. The molecule has 1 aromatic carbocycles. The van der Waals surface area contributed by atoms with Gasteiger partial charge >= 0.3 is 0 Å². The standard InChI is InChI=1S/C16H21ClFN3/c1-11-13(8-19-16(2,3)4)10-21(20-11)9-12-6-5-7-14(17)15(12)18/h5-7,10,19H,8-9H2,1-4H3. The van der Waals surface area contributed by atoms with Crippen LogP contribution in [0.5, 0.6) is 0 Å². The third-order valence-electron chi connectivity index (χ3n) is 3.22. The number of halogens is 2. The molecule has 0 spiro atoms. The molecule has 1 aromatic heterocycles. The van der Waals surface area contributed by atoms with Crippen LogP contribution in [0, 0.1) is 12.7 Å². The van der Waals surface area contributed by atoms with Gasteiger partial charge in [0.2, 0.25) is 0 Å². The van der Waals surface area contributed by atoms with Gasteiger partial charge in [0, 0.05) is 29.4 Å². The molecule has 0 aliphatic heterocycles. The second-order valence-electron chi connectivity index (χ2n) is 6.25. The van der Waals surface area contributed by atoms with Crippen molar-refractivity contribution < 1.29 is 4.39 Å². The van der Waals surface area contributed by atoms with E-state index in [1.807, 2.05) is 13.1 Å². The van der Waals surface area contributed by atoms with Gasteiger partial charge in [-0.3, -0.25) is 4.68 Å². The number of hydrogen-bond donors (Lipinski definition) is 1. The first-order chi connectivity index (χ1) is 9.76. The molecule has 0 saturated heterocycles. The summed E-state index contributed by atoms with van der Waals surface area (Å²) in [5.74, 6) is -0.373. The van der Waals surface area contributed by atoms with Crippen LogP contribution in [0.2, 0.25) is 5.02 Å². The largest absolute Gasteiger partial charge is 0.308 e. The van der Waals surface area contributed by atoms with Crippen molar-refractivity contribution in [3.05, 3.63) is 52.1 Å². The van der Waals surface area contributed by atoms with Gasteiger partial charge in [-0.15, -0.1) is 0 Å². The van der Waals surface area contributed by atoms with Gasteiger partial charge in [-0.1, -0.05) is 23.7 Å². The number of benzene rings is 1.